The molecule has 0 saturated heterocycles. The molecular weight excluding hydrogens is 395 g/mol. The van der Waals surface area contributed by atoms with Gasteiger partial charge in [-0.15, -0.1) is 0 Å². The molecule has 8 nitrogen and oxygen atoms in total. The number of carbonyl (C=O) groups excluding carboxylic acids is 4. The summed E-state index contributed by atoms with van der Waals surface area (Å²) < 4.78 is 43.0. The molecule has 0 aromatic rings. The molecule has 2 unspecified atom stereocenters. The summed E-state index contributed by atoms with van der Waals surface area (Å²) in [7, 11) is 0. The quantitative estimate of drug-likeness (QED) is 0.550. The Morgan fingerprint density at radius 3 is 1.72 bits per heavy atom. The number of ketones is 1. The molecule has 0 fully saturated rings. The predicted octanol–water partition coefficient (Wildman–Crippen LogP) is 1.92. The molecule has 29 heavy (non-hydrogen) atoms. The van der Waals surface area contributed by atoms with Crippen molar-refractivity contribution in [3.8, 4) is 0 Å². The van der Waals surface area contributed by atoms with Crippen LogP contribution >= 0.6 is 0 Å². The molecule has 11 heteroatoms. The van der Waals surface area contributed by atoms with Gasteiger partial charge in [-0.2, -0.15) is 13.2 Å². The van der Waals surface area contributed by atoms with Crippen LogP contribution < -0.4 is 16.0 Å². The minimum absolute atomic E-state index is 0.360. The van der Waals surface area contributed by atoms with Gasteiger partial charge in [0.2, 0.25) is 11.8 Å². The van der Waals surface area contributed by atoms with Crippen molar-refractivity contribution in [2.45, 2.75) is 72.3 Å². The number of alkyl halides is 3. The number of hydrogen-bond donors (Lipinski definition) is 3. The molecule has 0 aromatic carbocycles. The van der Waals surface area contributed by atoms with Crippen LogP contribution in [0.4, 0.5) is 18.0 Å². The van der Waals surface area contributed by atoms with Gasteiger partial charge in [-0.25, -0.2) is 4.79 Å². The smallest absolute Gasteiger partial charge is 0.444 e. The maximum Gasteiger partial charge on any atom is 0.452 e. The largest absolute Gasteiger partial charge is 0.452 e. The molecule has 168 valence electrons. The highest BCUT2D eigenvalue weighted by Crippen LogP contribution is 2.21. The van der Waals surface area contributed by atoms with Gasteiger partial charge < -0.3 is 20.7 Å². The van der Waals surface area contributed by atoms with E-state index in [2.05, 4.69) is 10.6 Å². The first-order chi connectivity index (χ1) is 13.0. The number of nitrogens with one attached hydrogen (secondary N) is 3. The number of ether oxygens (including phenoxy) is 1. The third-order valence-electron chi connectivity index (χ3n) is 3.59. The van der Waals surface area contributed by atoms with Gasteiger partial charge in [-0.05, 0) is 32.6 Å². The second kappa shape index (κ2) is 10.4. The second-order valence-electron chi connectivity index (χ2n) is 8.24. The molecular formula is C18H30F3N3O5. The lowest BCUT2D eigenvalue weighted by Crippen LogP contribution is -2.54. The van der Waals surface area contributed by atoms with Crippen molar-refractivity contribution in [3.63, 3.8) is 0 Å². The van der Waals surface area contributed by atoms with Crippen LogP contribution in [0.3, 0.4) is 0 Å². The highest BCUT2D eigenvalue weighted by atomic mass is 19.4. The third-order valence-corrected chi connectivity index (χ3v) is 3.59. The van der Waals surface area contributed by atoms with E-state index >= 15 is 0 Å². The first-order valence-corrected chi connectivity index (χ1v) is 9.13. The van der Waals surface area contributed by atoms with E-state index in [1.54, 1.807) is 34.6 Å². The summed E-state index contributed by atoms with van der Waals surface area (Å²) >= 11 is 0. The topological polar surface area (TPSA) is 114 Å². The van der Waals surface area contributed by atoms with Crippen LogP contribution in [0.2, 0.25) is 0 Å². The lowest BCUT2D eigenvalue weighted by Gasteiger charge is -2.25. The Balaban J connectivity index is 4.91. The van der Waals surface area contributed by atoms with Gasteiger partial charge in [-0.1, -0.05) is 27.7 Å². The average molecular weight is 425 g/mol. The van der Waals surface area contributed by atoms with Crippen LogP contribution in [0.1, 0.15) is 48.5 Å². The van der Waals surface area contributed by atoms with Crippen LogP contribution in [-0.2, 0) is 19.1 Å². The maximum atomic E-state index is 12.6. The van der Waals surface area contributed by atoms with Crippen LogP contribution in [0.5, 0.6) is 0 Å². The van der Waals surface area contributed by atoms with E-state index in [1.165, 1.54) is 13.8 Å². The van der Waals surface area contributed by atoms with Crippen LogP contribution in [0.25, 0.3) is 0 Å². The fourth-order valence-electron chi connectivity index (χ4n) is 2.18. The fraction of sp³-hybridized carbons (Fsp3) is 0.778. The standard InChI is InChI=1S/C18H30F3N3O5/c1-9(2)12(14(26)18(19,20)21)23-11(25)8-22-15(27)13(10(3)4)24-16(28)29-17(5,6)7/h9-10,12-13H,8H2,1-7H3,(H,22,27)(H,23,25)(H,24,28). The minimum atomic E-state index is -5.09. The summed E-state index contributed by atoms with van der Waals surface area (Å²) in [5.41, 5.74) is -0.779. The first kappa shape index (κ1) is 26.7. The lowest BCUT2D eigenvalue weighted by molar-refractivity contribution is -0.174. The Hall–Kier alpha value is -2.33. The molecule has 0 aliphatic carbocycles. The molecule has 0 aliphatic heterocycles. The molecule has 0 radical (unpaired) electrons. The van der Waals surface area contributed by atoms with Crippen LogP contribution in [0, 0.1) is 11.8 Å². The number of Topliss-reactive ketones (excluding diaryl/α,β-unsaturated/α-hetero) is 1. The highest BCUT2D eigenvalue weighted by Gasteiger charge is 2.45. The molecule has 0 spiro atoms. The van der Waals surface area contributed by atoms with E-state index in [1.807, 2.05) is 5.32 Å². The number of hydrogen-bond acceptors (Lipinski definition) is 5. The van der Waals surface area contributed by atoms with Gasteiger partial charge in [0.15, 0.2) is 0 Å². The van der Waals surface area contributed by atoms with E-state index in [0.717, 1.165) is 0 Å². The average Bonchev–Trinajstić information content (AvgIpc) is 2.51. The predicted molar refractivity (Wildman–Crippen MR) is 98.8 cm³/mol. The van der Waals surface area contributed by atoms with E-state index in [9.17, 15) is 32.3 Å². The van der Waals surface area contributed by atoms with Crippen molar-refractivity contribution >= 4 is 23.7 Å². The Labute approximate surface area is 168 Å². The number of carbonyl (C=O) groups is 4. The van der Waals surface area contributed by atoms with Crippen molar-refractivity contribution in [1.29, 1.82) is 0 Å². The van der Waals surface area contributed by atoms with E-state index in [4.69, 9.17) is 4.74 Å². The molecule has 0 aromatic heterocycles. The van der Waals surface area contributed by atoms with Gasteiger partial charge in [0, 0.05) is 0 Å². The number of amides is 3. The van der Waals surface area contributed by atoms with E-state index in [0.29, 0.717) is 0 Å². The lowest BCUT2D eigenvalue weighted by atomic mass is 9.99. The summed E-state index contributed by atoms with van der Waals surface area (Å²) in [6, 6.07) is -2.80. The van der Waals surface area contributed by atoms with Gasteiger partial charge in [0.05, 0.1) is 12.6 Å². The Morgan fingerprint density at radius 2 is 1.34 bits per heavy atom. The highest BCUT2D eigenvalue weighted by molar-refractivity contribution is 5.94. The fourth-order valence-corrected chi connectivity index (χ4v) is 2.18. The minimum Gasteiger partial charge on any atom is -0.444 e. The Kier molecular flexibility index (Phi) is 9.61. The van der Waals surface area contributed by atoms with Crippen LogP contribution in [-0.4, -0.2) is 54.1 Å². The van der Waals surface area contributed by atoms with E-state index < -0.39 is 60.0 Å². The summed E-state index contributed by atoms with van der Waals surface area (Å²) in [6.45, 7) is 10.3. The maximum absolute atomic E-state index is 12.6. The zero-order chi connectivity index (χ0) is 23.2. The van der Waals surface area contributed by atoms with Crippen molar-refractivity contribution in [3.05, 3.63) is 0 Å². The van der Waals surface area contributed by atoms with E-state index in [-0.39, 0.29) is 5.92 Å². The molecule has 2 atom stereocenters. The normalized spacial score (nSPS) is 14.2. The van der Waals surface area contributed by atoms with Crippen LogP contribution in [0.15, 0.2) is 0 Å². The first-order valence-electron chi connectivity index (χ1n) is 9.13. The summed E-state index contributed by atoms with van der Waals surface area (Å²) in [5, 5.41) is 6.61. The summed E-state index contributed by atoms with van der Waals surface area (Å²) in [5.74, 6) is -4.92. The van der Waals surface area contributed by atoms with Crippen molar-refractivity contribution in [2.24, 2.45) is 11.8 Å². The number of halogens is 3. The van der Waals surface area contributed by atoms with Crippen molar-refractivity contribution in [2.75, 3.05) is 6.54 Å². The molecule has 0 aliphatic rings. The Morgan fingerprint density at radius 1 is 0.862 bits per heavy atom. The Bertz CT molecular complexity index is 613. The molecule has 0 rings (SSSR count). The van der Waals surface area contributed by atoms with Gasteiger partial charge in [0.1, 0.15) is 11.6 Å². The SMILES string of the molecule is CC(C)C(NC(=O)OC(C)(C)C)C(=O)NCC(=O)NC(C(=O)C(F)(F)F)C(C)C. The third kappa shape index (κ3) is 10.1. The molecule has 3 N–H and O–H groups in total. The second-order valence-corrected chi connectivity index (χ2v) is 8.24. The number of alkyl carbamates (subject to hydrolysis) is 1. The number of rotatable bonds is 8. The monoisotopic (exact) mass is 425 g/mol. The zero-order valence-electron chi connectivity index (χ0n) is 17.7. The molecule has 0 heterocycles. The van der Waals surface area contributed by atoms with Gasteiger partial charge in [-0.3, -0.25) is 14.4 Å². The van der Waals surface area contributed by atoms with Gasteiger partial charge >= 0.3 is 12.3 Å². The zero-order valence-corrected chi connectivity index (χ0v) is 17.7. The van der Waals surface area contributed by atoms with Crippen molar-refractivity contribution in [1.82, 2.24) is 16.0 Å². The summed E-state index contributed by atoms with van der Waals surface area (Å²) in [4.78, 5) is 47.5. The summed E-state index contributed by atoms with van der Waals surface area (Å²) in [6.07, 6.45) is -5.92. The van der Waals surface area contributed by atoms with Gasteiger partial charge in [0.25, 0.3) is 5.78 Å². The molecule has 0 bridgehead atoms. The molecule has 0 saturated carbocycles. The van der Waals surface area contributed by atoms with Crippen molar-refractivity contribution < 1.29 is 37.1 Å². The molecule has 3 amide bonds.